The zero-order valence-corrected chi connectivity index (χ0v) is 32.6. The first-order valence-corrected chi connectivity index (χ1v) is 20.4. The molecule has 0 fully saturated rings. The van der Waals surface area contributed by atoms with Crippen molar-refractivity contribution in [2.45, 2.75) is 64.2 Å². The molecule has 6 heteroatoms. The molecule has 0 spiro atoms. The van der Waals surface area contributed by atoms with Gasteiger partial charge in [-0.15, -0.1) is 0 Å². The minimum atomic E-state index is 0.250. The van der Waals surface area contributed by atoms with Gasteiger partial charge in [0.1, 0.15) is 0 Å². The van der Waals surface area contributed by atoms with Crippen LogP contribution in [0.25, 0.3) is 78.1 Å². The van der Waals surface area contributed by atoms with Gasteiger partial charge in [0.15, 0.2) is 0 Å². The number of rotatable bonds is 4. The van der Waals surface area contributed by atoms with Gasteiger partial charge >= 0.3 is 0 Å². The monoisotopic (exact) mass is 738 g/mol. The summed E-state index contributed by atoms with van der Waals surface area (Å²) in [6.07, 6.45) is 16.3. The molecule has 0 amide bonds. The van der Waals surface area contributed by atoms with E-state index in [0.717, 1.165) is 41.2 Å². The lowest BCUT2D eigenvalue weighted by Gasteiger charge is -2.42. The van der Waals surface area contributed by atoms with E-state index in [2.05, 4.69) is 132 Å². The van der Waals surface area contributed by atoms with Crippen LogP contribution in [0.5, 0.6) is 0 Å². The Kier molecular flexibility index (Phi) is 6.87. The van der Waals surface area contributed by atoms with Gasteiger partial charge in [0.05, 0.1) is 45.5 Å². The van der Waals surface area contributed by atoms with E-state index in [0.29, 0.717) is 11.8 Å². The molecule has 12 rings (SSSR count). The van der Waals surface area contributed by atoms with Crippen LogP contribution in [0.3, 0.4) is 0 Å². The Morgan fingerprint density at radius 3 is 2.00 bits per heavy atom. The molecule has 0 saturated carbocycles. The van der Waals surface area contributed by atoms with Crippen molar-refractivity contribution in [1.82, 2.24) is 29.1 Å². The summed E-state index contributed by atoms with van der Waals surface area (Å²) in [7, 11) is 0. The Morgan fingerprint density at radius 2 is 1.33 bits per heavy atom. The summed E-state index contributed by atoms with van der Waals surface area (Å²) in [5.74, 6) is 1.17. The molecule has 4 atom stereocenters. The first-order valence-electron chi connectivity index (χ1n) is 20.4. The van der Waals surface area contributed by atoms with Gasteiger partial charge in [0.25, 0.3) is 0 Å². The van der Waals surface area contributed by atoms with Crippen LogP contribution >= 0.6 is 0 Å². The molecule has 6 nitrogen and oxygen atoms in total. The molecule has 6 aromatic heterocycles. The fraction of sp³-hybridized carbons (Fsp3) is 0.196. The van der Waals surface area contributed by atoms with E-state index in [1.165, 1.54) is 82.9 Å². The largest absolute Gasteiger partial charge is 0.366 e. The summed E-state index contributed by atoms with van der Waals surface area (Å²) < 4.78 is 5.10. The quantitative estimate of drug-likeness (QED) is 0.195. The molecule has 9 aromatic rings. The maximum Gasteiger partial charge on any atom is 0.0702 e. The summed E-state index contributed by atoms with van der Waals surface area (Å²) >= 11 is 0. The number of nitrogens with zero attached hydrogens (tertiary/aromatic N) is 5. The van der Waals surface area contributed by atoms with Crippen molar-refractivity contribution in [3.63, 3.8) is 0 Å². The van der Waals surface area contributed by atoms with E-state index < -0.39 is 0 Å². The number of H-pyrrole nitrogens is 1. The minimum absolute atomic E-state index is 0.250. The molecule has 4 unspecified atom stereocenters. The van der Waals surface area contributed by atoms with Crippen LogP contribution in [-0.4, -0.2) is 29.1 Å². The SMILES string of the molecule is CC1c2cc3c4c(n(-c5cccnc5)c3c3c2-c2c(cc5c6cc(-c7ccccn7)ccc6n(-c6cc[nH]c6)c5c2C(C)C3C)C1C)CCC(c1ccccn1)=C4. The van der Waals surface area contributed by atoms with Crippen LogP contribution in [-0.2, 0) is 6.42 Å². The molecule has 6 heterocycles. The van der Waals surface area contributed by atoms with E-state index in [1.54, 1.807) is 0 Å². The lowest BCUT2D eigenvalue weighted by atomic mass is 9.62. The number of fused-ring (bicyclic) bond motifs is 8. The van der Waals surface area contributed by atoms with Gasteiger partial charge in [-0.25, -0.2) is 0 Å². The second-order valence-corrected chi connectivity index (χ2v) is 16.6. The number of allylic oxidation sites excluding steroid dienone is 1. The summed E-state index contributed by atoms with van der Waals surface area (Å²) in [5.41, 5.74) is 22.2. The predicted octanol–water partition coefficient (Wildman–Crippen LogP) is 12.5. The lowest BCUT2D eigenvalue weighted by Crippen LogP contribution is -2.24. The highest BCUT2D eigenvalue weighted by molar-refractivity contribution is 6.15. The first kappa shape index (κ1) is 32.7. The Hall–Kier alpha value is -6.53. The van der Waals surface area contributed by atoms with Crippen LogP contribution in [0, 0.1) is 0 Å². The highest BCUT2D eigenvalue weighted by atomic mass is 15.0. The van der Waals surface area contributed by atoms with Gasteiger partial charge in [0, 0.05) is 64.0 Å². The predicted molar refractivity (Wildman–Crippen MR) is 233 cm³/mol. The van der Waals surface area contributed by atoms with Crippen molar-refractivity contribution in [3.05, 3.63) is 161 Å². The summed E-state index contributed by atoms with van der Waals surface area (Å²) in [5, 5.41) is 3.95. The third-order valence-corrected chi connectivity index (χ3v) is 13.9. The number of nitrogens with one attached hydrogen (secondary N) is 1. The molecule has 3 aliphatic rings. The Labute approximate surface area is 331 Å². The van der Waals surface area contributed by atoms with E-state index in [1.807, 2.05) is 43.1 Å². The number of aromatic nitrogens is 6. The third kappa shape index (κ3) is 4.44. The smallest absolute Gasteiger partial charge is 0.0702 e. The van der Waals surface area contributed by atoms with Gasteiger partial charge in [-0.05, 0) is 148 Å². The summed E-state index contributed by atoms with van der Waals surface area (Å²) in [6.45, 7) is 9.89. The second kappa shape index (κ2) is 12.0. The Balaban J connectivity index is 1.22. The standard InChI is InChI=1S/C51H42N6/c1-28-29(2)37-25-41-39-23-33(43-12-6-8-20-55-43)14-16-45(39)57(35-17-21-53-27-35)51(41)47-31(4)30(3)46-48(49(37)47)36(28)24-40-38-22-32(42-11-5-7-19-54-42)13-15-44(38)56(50(40)46)34-10-9-18-52-26-34/h5-12,14,16-31,53H,13,15H2,1-4H3. The highest BCUT2D eigenvalue weighted by Gasteiger charge is 2.43. The van der Waals surface area contributed by atoms with Crippen LogP contribution < -0.4 is 0 Å². The molecule has 0 saturated heterocycles. The van der Waals surface area contributed by atoms with E-state index in [4.69, 9.17) is 9.97 Å². The number of hydrogen-bond acceptors (Lipinski definition) is 3. The maximum absolute atomic E-state index is 4.80. The molecule has 276 valence electrons. The Bertz CT molecular complexity index is 3110. The van der Waals surface area contributed by atoms with Crippen molar-refractivity contribution in [2.75, 3.05) is 0 Å². The van der Waals surface area contributed by atoms with Crippen molar-refractivity contribution in [1.29, 1.82) is 0 Å². The van der Waals surface area contributed by atoms with Crippen molar-refractivity contribution >= 4 is 44.4 Å². The van der Waals surface area contributed by atoms with Crippen LogP contribution in [0.4, 0.5) is 0 Å². The van der Waals surface area contributed by atoms with E-state index >= 15 is 0 Å². The van der Waals surface area contributed by atoms with Crippen LogP contribution in [0.1, 0.15) is 97.0 Å². The van der Waals surface area contributed by atoms with Gasteiger partial charge in [-0.1, -0.05) is 45.9 Å². The molecule has 0 bridgehead atoms. The fourth-order valence-electron chi connectivity index (χ4n) is 10.8. The molecule has 3 aromatic carbocycles. The van der Waals surface area contributed by atoms with Gasteiger partial charge in [-0.2, -0.15) is 0 Å². The Morgan fingerprint density at radius 1 is 0.614 bits per heavy atom. The average Bonchev–Trinajstić information content (AvgIpc) is 3.99. The van der Waals surface area contributed by atoms with Gasteiger partial charge in [-0.3, -0.25) is 15.0 Å². The number of pyridine rings is 3. The van der Waals surface area contributed by atoms with Crippen LogP contribution in [0.15, 0.2) is 122 Å². The van der Waals surface area contributed by atoms with Crippen molar-refractivity contribution < 1.29 is 0 Å². The summed E-state index contributed by atoms with van der Waals surface area (Å²) in [4.78, 5) is 17.6. The summed E-state index contributed by atoms with van der Waals surface area (Å²) in [6, 6.07) is 31.0. The van der Waals surface area contributed by atoms with Crippen molar-refractivity contribution in [3.8, 4) is 33.8 Å². The molecule has 57 heavy (non-hydrogen) atoms. The van der Waals surface area contributed by atoms with Gasteiger partial charge < -0.3 is 14.1 Å². The fourth-order valence-corrected chi connectivity index (χ4v) is 10.8. The number of benzene rings is 3. The van der Waals surface area contributed by atoms with Crippen molar-refractivity contribution in [2.24, 2.45) is 0 Å². The average molecular weight is 739 g/mol. The topological polar surface area (TPSA) is 64.3 Å². The van der Waals surface area contributed by atoms with E-state index in [9.17, 15) is 0 Å². The zero-order chi connectivity index (χ0) is 38.1. The normalized spacial score (nSPS) is 19.5. The zero-order valence-electron chi connectivity index (χ0n) is 32.6. The molecule has 3 aliphatic carbocycles. The number of hydrogen-bond donors (Lipinski definition) is 1. The maximum atomic E-state index is 4.80. The lowest BCUT2D eigenvalue weighted by molar-refractivity contribution is 0.584. The van der Waals surface area contributed by atoms with Crippen LogP contribution in [0.2, 0.25) is 0 Å². The molecule has 1 N–H and O–H groups in total. The van der Waals surface area contributed by atoms with E-state index in [-0.39, 0.29) is 11.8 Å². The second-order valence-electron chi connectivity index (χ2n) is 16.6. The molecular weight excluding hydrogens is 697 g/mol. The highest BCUT2D eigenvalue weighted by Crippen LogP contribution is 2.61. The third-order valence-electron chi connectivity index (χ3n) is 13.9. The van der Waals surface area contributed by atoms with Gasteiger partial charge in [0.2, 0.25) is 0 Å². The number of aromatic amines is 1. The minimum Gasteiger partial charge on any atom is -0.366 e. The molecule has 0 aliphatic heterocycles. The molecular formula is C51H42N6. The first-order chi connectivity index (χ1) is 28.0. The molecule has 0 radical (unpaired) electrons.